The molecular weight excluding hydrogens is 480 g/mol. The van der Waals surface area contributed by atoms with Gasteiger partial charge in [-0.15, -0.1) is 0 Å². The topological polar surface area (TPSA) is 98.3 Å². The third kappa shape index (κ3) is 5.39. The lowest BCUT2D eigenvalue weighted by Gasteiger charge is -2.30. The van der Waals surface area contributed by atoms with Crippen LogP contribution in [-0.2, 0) is 11.2 Å². The van der Waals surface area contributed by atoms with Crippen LogP contribution in [0.3, 0.4) is 0 Å². The first kappa shape index (κ1) is 26.5. The van der Waals surface area contributed by atoms with E-state index in [-0.39, 0.29) is 17.2 Å². The van der Waals surface area contributed by atoms with Crippen molar-refractivity contribution in [3.8, 4) is 5.69 Å². The van der Waals surface area contributed by atoms with Gasteiger partial charge < -0.3 is 4.90 Å². The molecule has 3 aromatic carbocycles. The Hall–Kier alpha value is -4.59. The number of hydrogen-bond acceptors (Lipinski definition) is 5. The van der Waals surface area contributed by atoms with Crippen LogP contribution < -0.4 is 5.56 Å². The molecule has 0 radical (unpaired) electrons. The maximum Gasteiger partial charge on any atom is 0.269 e. The molecule has 0 saturated heterocycles. The van der Waals surface area contributed by atoms with E-state index in [2.05, 4.69) is 6.92 Å². The third-order valence-electron chi connectivity index (χ3n) is 6.61. The van der Waals surface area contributed by atoms with Crippen molar-refractivity contribution in [2.45, 2.75) is 39.7 Å². The summed E-state index contributed by atoms with van der Waals surface area (Å²) in [7, 11) is 0. The first-order valence-corrected chi connectivity index (χ1v) is 12.7. The number of amides is 1. The van der Waals surface area contributed by atoms with Crippen molar-refractivity contribution in [3.63, 3.8) is 0 Å². The van der Waals surface area contributed by atoms with Gasteiger partial charge in [-0.2, -0.15) is 0 Å². The van der Waals surface area contributed by atoms with Crippen molar-refractivity contribution in [1.29, 1.82) is 0 Å². The minimum absolute atomic E-state index is 0.0120. The van der Waals surface area contributed by atoms with E-state index >= 15 is 0 Å². The quantitative estimate of drug-likeness (QED) is 0.159. The Morgan fingerprint density at radius 2 is 1.71 bits per heavy atom. The fraction of sp³-hybridized carbons (Fsp3) is 0.233. The van der Waals surface area contributed by atoms with Crippen molar-refractivity contribution < 1.29 is 9.72 Å². The molecule has 8 nitrogen and oxygen atoms in total. The second kappa shape index (κ2) is 11.6. The molecule has 8 heteroatoms. The number of rotatable bonds is 9. The average molecular weight is 511 g/mol. The van der Waals surface area contributed by atoms with E-state index < -0.39 is 11.0 Å². The predicted molar refractivity (Wildman–Crippen MR) is 149 cm³/mol. The number of para-hydroxylation sites is 1. The van der Waals surface area contributed by atoms with E-state index in [9.17, 15) is 19.7 Å². The number of hydrogen-bond donors (Lipinski definition) is 0. The van der Waals surface area contributed by atoms with Gasteiger partial charge in [-0.1, -0.05) is 38.1 Å². The molecule has 0 aliphatic rings. The van der Waals surface area contributed by atoms with Gasteiger partial charge in [-0.3, -0.25) is 24.3 Å². The number of benzene rings is 3. The Kier molecular flexibility index (Phi) is 8.11. The van der Waals surface area contributed by atoms with Gasteiger partial charge in [0.2, 0.25) is 5.91 Å². The van der Waals surface area contributed by atoms with E-state index in [0.717, 1.165) is 12.0 Å². The second-order valence-corrected chi connectivity index (χ2v) is 8.88. The zero-order valence-electron chi connectivity index (χ0n) is 21.7. The Morgan fingerprint density at radius 1 is 1.03 bits per heavy atom. The van der Waals surface area contributed by atoms with Crippen molar-refractivity contribution in [2.75, 3.05) is 6.54 Å². The smallest absolute Gasteiger partial charge is 0.269 e. The highest BCUT2D eigenvalue weighted by atomic mass is 16.6. The largest absolute Gasteiger partial charge is 0.329 e. The molecule has 1 amide bonds. The molecule has 1 unspecified atom stereocenters. The summed E-state index contributed by atoms with van der Waals surface area (Å²) in [5.41, 5.74) is 2.91. The van der Waals surface area contributed by atoms with E-state index in [1.807, 2.05) is 56.3 Å². The molecule has 1 aromatic heterocycles. The number of carbonyl (C=O) groups is 1. The maximum absolute atomic E-state index is 13.7. The molecular formula is C30H30N4O4. The number of non-ortho nitro benzene ring substituents is 1. The SMILES string of the molecule is CCc1ccc(-n2c(C(CC)N(CC)C(=O)/C=C/c3ccc([N+](=O)[O-])cc3)nc3ccccc3c2=O)cc1. The Bertz CT molecular complexity index is 1540. The molecule has 0 fully saturated rings. The van der Waals surface area contributed by atoms with Gasteiger partial charge in [0.25, 0.3) is 11.2 Å². The highest BCUT2D eigenvalue weighted by Gasteiger charge is 2.27. The van der Waals surface area contributed by atoms with Crippen LogP contribution >= 0.6 is 0 Å². The number of nitrogens with zero attached hydrogens (tertiary/aromatic N) is 4. The Labute approximate surface area is 221 Å². The lowest BCUT2D eigenvalue weighted by Crippen LogP contribution is -2.37. The van der Waals surface area contributed by atoms with E-state index in [4.69, 9.17) is 4.98 Å². The summed E-state index contributed by atoms with van der Waals surface area (Å²) in [6, 6.07) is 20.6. The zero-order valence-corrected chi connectivity index (χ0v) is 21.7. The summed E-state index contributed by atoms with van der Waals surface area (Å²) in [5.74, 6) is 0.257. The summed E-state index contributed by atoms with van der Waals surface area (Å²) in [5, 5.41) is 11.4. The summed E-state index contributed by atoms with van der Waals surface area (Å²) in [4.78, 5) is 44.2. The highest BCUT2D eigenvalue weighted by molar-refractivity contribution is 5.92. The molecule has 0 N–H and O–H groups in total. The molecule has 0 aliphatic heterocycles. The van der Waals surface area contributed by atoms with E-state index in [1.165, 1.54) is 18.2 Å². The van der Waals surface area contributed by atoms with Gasteiger partial charge in [0.1, 0.15) is 5.82 Å². The predicted octanol–water partition coefficient (Wildman–Crippen LogP) is 5.87. The molecule has 4 aromatic rings. The van der Waals surface area contributed by atoms with Gasteiger partial charge in [0.15, 0.2) is 0 Å². The zero-order chi connectivity index (χ0) is 27.2. The summed E-state index contributed by atoms with van der Waals surface area (Å²) >= 11 is 0. The molecule has 1 atom stereocenters. The maximum atomic E-state index is 13.7. The first-order valence-electron chi connectivity index (χ1n) is 12.7. The fourth-order valence-corrected chi connectivity index (χ4v) is 4.55. The van der Waals surface area contributed by atoms with Crippen LogP contribution in [0.1, 0.15) is 50.2 Å². The van der Waals surface area contributed by atoms with Gasteiger partial charge in [0, 0.05) is 24.8 Å². The van der Waals surface area contributed by atoms with Crippen LogP contribution in [0.4, 0.5) is 5.69 Å². The molecule has 4 rings (SSSR count). The second-order valence-electron chi connectivity index (χ2n) is 8.88. The van der Waals surface area contributed by atoms with Crippen molar-refractivity contribution >= 4 is 28.6 Å². The first-order chi connectivity index (χ1) is 18.4. The van der Waals surface area contributed by atoms with Gasteiger partial charge in [-0.05, 0) is 73.4 Å². The minimum Gasteiger partial charge on any atom is -0.329 e. The molecule has 0 spiro atoms. The summed E-state index contributed by atoms with van der Waals surface area (Å²) in [6.45, 7) is 6.33. The fourth-order valence-electron chi connectivity index (χ4n) is 4.55. The molecule has 0 aliphatic carbocycles. The number of aryl methyl sites for hydroxylation is 1. The van der Waals surface area contributed by atoms with Crippen molar-refractivity contribution in [3.05, 3.63) is 116 Å². The molecule has 194 valence electrons. The summed E-state index contributed by atoms with van der Waals surface area (Å²) in [6.07, 6.45) is 4.51. The lowest BCUT2D eigenvalue weighted by molar-refractivity contribution is -0.384. The van der Waals surface area contributed by atoms with E-state index in [0.29, 0.717) is 40.9 Å². The van der Waals surface area contributed by atoms with Crippen LogP contribution in [0.25, 0.3) is 22.7 Å². The Balaban J connectivity index is 1.77. The number of nitro groups is 1. The Morgan fingerprint density at radius 3 is 2.32 bits per heavy atom. The van der Waals surface area contributed by atoms with Crippen molar-refractivity contribution in [1.82, 2.24) is 14.5 Å². The number of likely N-dealkylation sites (N-methyl/N-ethyl adjacent to an activating group) is 1. The average Bonchev–Trinajstić information content (AvgIpc) is 2.95. The highest BCUT2D eigenvalue weighted by Crippen LogP contribution is 2.26. The van der Waals surface area contributed by atoms with Crippen LogP contribution in [0.5, 0.6) is 0 Å². The monoisotopic (exact) mass is 510 g/mol. The molecule has 0 saturated carbocycles. The third-order valence-corrected chi connectivity index (χ3v) is 6.61. The molecule has 0 bridgehead atoms. The van der Waals surface area contributed by atoms with Crippen LogP contribution in [0.15, 0.2) is 83.7 Å². The number of aromatic nitrogens is 2. The minimum atomic E-state index is -0.463. The van der Waals surface area contributed by atoms with Crippen LogP contribution in [-0.4, -0.2) is 31.8 Å². The number of fused-ring (bicyclic) bond motifs is 1. The summed E-state index contributed by atoms with van der Waals surface area (Å²) < 4.78 is 1.62. The van der Waals surface area contributed by atoms with Crippen LogP contribution in [0.2, 0.25) is 0 Å². The molecule has 1 heterocycles. The normalized spacial score (nSPS) is 12.1. The van der Waals surface area contributed by atoms with Crippen molar-refractivity contribution in [2.24, 2.45) is 0 Å². The van der Waals surface area contributed by atoms with Crippen LogP contribution in [0, 0.1) is 10.1 Å². The standard InChI is InChI=1S/C30H30N4O4/c1-4-21-11-16-23(17-12-21)33-29(31-26-10-8-7-9-25(26)30(33)36)27(5-2)32(6-3)28(35)20-15-22-13-18-24(19-14-22)34(37)38/h7-20,27H,4-6H2,1-3H3/b20-15+. The van der Waals surface area contributed by atoms with Gasteiger partial charge in [0.05, 0.1) is 27.6 Å². The number of carbonyl (C=O) groups excluding carboxylic acids is 1. The lowest BCUT2D eigenvalue weighted by atomic mass is 10.1. The molecule has 38 heavy (non-hydrogen) atoms. The van der Waals surface area contributed by atoms with Gasteiger partial charge in [-0.25, -0.2) is 4.98 Å². The number of nitro benzene ring substituents is 1. The van der Waals surface area contributed by atoms with Gasteiger partial charge >= 0.3 is 0 Å². The van der Waals surface area contributed by atoms with E-state index in [1.54, 1.807) is 33.7 Å².